The first-order valence-corrected chi connectivity index (χ1v) is 7.26. The lowest BCUT2D eigenvalue weighted by atomic mass is 10.0. The second kappa shape index (κ2) is 4.64. The molecule has 2 fully saturated rings. The summed E-state index contributed by atoms with van der Waals surface area (Å²) in [6, 6.07) is 6.28. The Bertz CT molecular complexity index is 756. The van der Waals surface area contributed by atoms with Crippen LogP contribution in [-0.2, 0) is 0 Å². The molecular weight excluding hydrogens is 264 g/mol. The summed E-state index contributed by atoms with van der Waals surface area (Å²) in [5.41, 5.74) is 2.00. The Morgan fingerprint density at radius 1 is 1.43 bits per heavy atom. The summed E-state index contributed by atoms with van der Waals surface area (Å²) in [5.74, 6) is 3.11. The highest BCUT2D eigenvalue weighted by Crippen LogP contribution is 2.31. The van der Waals surface area contributed by atoms with Crippen molar-refractivity contribution in [2.24, 2.45) is 5.92 Å². The number of amides is 1. The van der Waals surface area contributed by atoms with E-state index in [1.165, 1.54) is 6.42 Å². The number of piperidine rings is 1. The van der Waals surface area contributed by atoms with Crippen molar-refractivity contribution in [3.8, 4) is 12.3 Å². The minimum Gasteiger partial charge on any atom is -0.463 e. The van der Waals surface area contributed by atoms with E-state index < -0.39 is 0 Å². The summed E-state index contributed by atoms with van der Waals surface area (Å²) >= 11 is 0. The Hall–Kier alpha value is -2.25. The van der Waals surface area contributed by atoms with Gasteiger partial charge in [-0.1, -0.05) is 5.92 Å². The number of terminal acetylenes is 1. The minimum absolute atomic E-state index is 0.0342. The van der Waals surface area contributed by atoms with Gasteiger partial charge in [0.15, 0.2) is 0 Å². The van der Waals surface area contributed by atoms with Crippen LogP contribution in [0.5, 0.6) is 0 Å². The van der Waals surface area contributed by atoms with Crippen LogP contribution in [0.4, 0.5) is 0 Å². The van der Waals surface area contributed by atoms with Crippen molar-refractivity contribution < 1.29 is 9.21 Å². The van der Waals surface area contributed by atoms with Crippen molar-refractivity contribution in [1.82, 2.24) is 10.6 Å². The van der Waals surface area contributed by atoms with E-state index in [0.29, 0.717) is 23.1 Å². The molecule has 2 N–H and O–H groups in total. The fourth-order valence-corrected chi connectivity index (χ4v) is 3.54. The first-order valence-electron chi connectivity index (χ1n) is 7.26. The molecule has 1 aliphatic heterocycles. The van der Waals surface area contributed by atoms with Crippen molar-refractivity contribution in [3.05, 3.63) is 35.6 Å². The lowest BCUT2D eigenvalue weighted by molar-refractivity contribution is 0.0925. The number of furan rings is 1. The van der Waals surface area contributed by atoms with E-state index in [-0.39, 0.29) is 11.9 Å². The van der Waals surface area contributed by atoms with Gasteiger partial charge in [0, 0.05) is 29.6 Å². The normalized spacial score (nSPS) is 26.9. The Morgan fingerprint density at radius 3 is 3.05 bits per heavy atom. The van der Waals surface area contributed by atoms with Crippen molar-refractivity contribution in [2.45, 2.75) is 24.9 Å². The molecule has 3 unspecified atom stereocenters. The molecule has 4 heteroatoms. The molecule has 1 aromatic heterocycles. The molecule has 3 atom stereocenters. The lowest BCUT2D eigenvalue weighted by Crippen LogP contribution is -2.44. The highest BCUT2D eigenvalue weighted by atomic mass is 16.3. The van der Waals surface area contributed by atoms with Crippen molar-refractivity contribution in [2.75, 3.05) is 6.54 Å². The number of hydrogen-bond acceptors (Lipinski definition) is 3. The highest BCUT2D eigenvalue weighted by molar-refractivity contribution is 5.98. The number of rotatable bonds is 2. The van der Waals surface area contributed by atoms with Crippen LogP contribution in [0.2, 0.25) is 0 Å². The molecular formula is C17H16N2O2. The van der Waals surface area contributed by atoms with Gasteiger partial charge in [0.25, 0.3) is 5.91 Å². The monoisotopic (exact) mass is 280 g/mol. The maximum Gasteiger partial charge on any atom is 0.251 e. The number of fused-ring (bicyclic) bond motifs is 3. The molecule has 4 rings (SSSR count). The molecule has 2 aromatic rings. The second-order valence-corrected chi connectivity index (χ2v) is 5.92. The predicted octanol–water partition coefficient (Wildman–Crippen LogP) is 1.89. The van der Waals surface area contributed by atoms with E-state index in [1.807, 2.05) is 6.07 Å². The zero-order valence-corrected chi connectivity index (χ0v) is 11.6. The van der Waals surface area contributed by atoms with Crippen LogP contribution in [0.1, 0.15) is 28.8 Å². The average Bonchev–Trinajstić information content (AvgIpc) is 3.21. The molecule has 106 valence electrons. The number of nitrogens with one attached hydrogen (secondary N) is 2. The quantitative estimate of drug-likeness (QED) is 0.826. The lowest BCUT2D eigenvalue weighted by Gasteiger charge is -2.23. The van der Waals surface area contributed by atoms with Gasteiger partial charge in [0.2, 0.25) is 0 Å². The van der Waals surface area contributed by atoms with Crippen LogP contribution in [0.25, 0.3) is 11.0 Å². The van der Waals surface area contributed by atoms with E-state index in [2.05, 4.69) is 16.6 Å². The van der Waals surface area contributed by atoms with Gasteiger partial charge in [-0.2, -0.15) is 0 Å². The van der Waals surface area contributed by atoms with Crippen LogP contribution in [0, 0.1) is 18.3 Å². The molecule has 2 aliphatic rings. The van der Waals surface area contributed by atoms with Gasteiger partial charge in [-0.05, 0) is 37.0 Å². The molecule has 4 nitrogen and oxygen atoms in total. The van der Waals surface area contributed by atoms with Gasteiger partial charge >= 0.3 is 0 Å². The first kappa shape index (κ1) is 12.5. The molecule has 1 saturated carbocycles. The molecule has 1 saturated heterocycles. The van der Waals surface area contributed by atoms with E-state index in [9.17, 15) is 4.79 Å². The largest absolute Gasteiger partial charge is 0.463 e. The highest BCUT2D eigenvalue weighted by Gasteiger charge is 2.40. The molecule has 2 bridgehead atoms. The number of carbonyl (C=O) groups excluding carboxylic acids is 1. The van der Waals surface area contributed by atoms with E-state index in [1.54, 1.807) is 18.4 Å². The fraction of sp³-hybridized carbons (Fsp3) is 0.353. The van der Waals surface area contributed by atoms with Crippen molar-refractivity contribution in [1.29, 1.82) is 0 Å². The first-order chi connectivity index (χ1) is 10.2. The van der Waals surface area contributed by atoms with Gasteiger partial charge in [-0.15, -0.1) is 6.42 Å². The summed E-state index contributed by atoms with van der Waals surface area (Å²) in [4.78, 5) is 12.4. The molecule has 1 amide bonds. The van der Waals surface area contributed by atoms with E-state index >= 15 is 0 Å². The maximum atomic E-state index is 12.4. The number of benzene rings is 1. The fourth-order valence-electron chi connectivity index (χ4n) is 3.54. The number of carbonyl (C=O) groups is 1. The molecule has 21 heavy (non-hydrogen) atoms. The Balaban J connectivity index is 1.55. The third kappa shape index (κ3) is 2.01. The zero-order valence-electron chi connectivity index (χ0n) is 11.6. The van der Waals surface area contributed by atoms with Crippen molar-refractivity contribution >= 4 is 16.9 Å². The maximum absolute atomic E-state index is 12.4. The van der Waals surface area contributed by atoms with Gasteiger partial charge in [0.05, 0.1) is 5.56 Å². The average molecular weight is 280 g/mol. The molecule has 2 heterocycles. The van der Waals surface area contributed by atoms with Gasteiger partial charge in [0.1, 0.15) is 11.8 Å². The molecule has 1 aliphatic carbocycles. The van der Waals surface area contributed by atoms with Gasteiger partial charge in [-0.3, -0.25) is 4.79 Å². The van der Waals surface area contributed by atoms with Crippen LogP contribution in [0.15, 0.2) is 28.9 Å². The van der Waals surface area contributed by atoms with Gasteiger partial charge in [-0.25, -0.2) is 0 Å². The third-order valence-corrected chi connectivity index (χ3v) is 4.67. The van der Waals surface area contributed by atoms with Gasteiger partial charge < -0.3 is 15.1 Å². The number of hydrogen-bond donors (Lipinski definition) is 2. The minimum atomic E-state index is -0.0342. The summed E-state index contributed by atoms with van der Waals surface area (Å²) < 4.78 is 5.42. The third-order valence-electron chi connectivity index (χ3n) is 4.67. The second-order valence-electron chi connectivity index (χ2n) is 5.92. The van der Waals surface area contributed by atoms with Crippen LogP contribution < -0.4 is 10.6 Å². The SMILES string of the molecule is C#Cc1coc2cc(C(=O)NC3CC4CC3CN4)ccc12. The Kier molecular flexibility index (Phi) is 2.76. The Labute approximate surface area is 122 Å². The summed E-state index contributed by atoms with van der Waals surface area (Å²) in [6.45, 7) is 1.01. The van der Waals surface area contributed by atoms with Crippen LogP contribution >= 0.6 is 0 Å². The molecule has 0 spiro atoms. The van der Waals surface area contributed by atoms with E-state index in [0.717, 1.165) is 23.9 Å². The van der Waals surface area contributed by atoms with Crippen LogP contribution in [0.3, 0.4) is 0 Å². The summed E-state index contributed by atoms with van der Waals surface area (Å²) in [7, 11) is 0. The van der Waals surface area contributed by atoms with Crippen LogP contribution in [-0.4, -0.2) is 24.5 Å². The summed E-state index contributed by atoms with van der Waals surface area (Å²) in [6.07, 6.45) is 9.16. The topological polar surface area (TPSA) is 54.3 Å². The Morgan fingerprint density at radius 2 is 2.33 bits per heavy atom. The smallest absolute Gasteiger partial charge is 0.251 e. The standard InChI is InChI=1S/C17H16N2O2/c1-2-10-9-21-16-6-11(3-4-14(10)16)17(20)19-15-7-13-5-12(15)8-18-13/h1,3-4,6,9,12-13,15,18H,5,7-8H2,(H,19,20). The van der Waals surface area contributed by atoms with E-state index in [4.69, 9.17) is 10.8 Å². The van der Waals surface area contributed by atoms with Crippen molar-refractivity contribution in [3.63, 3.8) is 0 Å². The predicted molar refractivity (Wildman–Crippen MR) is 79.9 cm³/mol. The molecule has 0 radical (unpaired) electrons. The molecule has 1 aromatic carbocycles. The zero-order chi connectivity index (χ0) is 14.4. The summed E-state index contributed by atoms with van der Waals surface area (Å²) in [5, 5.41) is 7.47.